The van der Waals surface area contributed by atoms with Crippen LogP contribution in [0.1, 0.15) is 31.9 Å². The third-order valence-electron chi connectivity index (χ3n) is 3.36. The third kappa shape index (κ3) is 2.80. The molecule has 0 radical (unpaired) electrons. The fraction of sp³-hybridized carbons (Fsp3) is 0.615. The summed E-state index contributed by atoms with van der Waals surface area (Å²) in [6.07, 6.45) is 5.00. The first-order valence-electron chi connectivity index (χ1n) is 6.14. The fourth-order valence-corrected chi connectivity index (χ4v) is 2.34. The van der Waals surface area contributed by atoms with Gasteiger partial charge in [-0.1, -0.05) is 0 Å². The summed E-state index contributed by atoms with van der Waals surface area (Å²) in [6.45, 7) is 8.00. The standard InChI is InChI=1S/C13H21N3/c1-11-10-16(9-3-6-15-11)12(2)13-4-7-14-8-5-13/h4-5,7-8,11-12,15H,3,6,9-10H2,1-2H3. The Morgan fingerprint density at radius 3 is 2.94 bits per heavy atom. The average Bonchev–Trinajstić information content (AvgIpc) is 2.54. The lowest BCUT2D eigenvalue weighted by Crippen LogP contribution is -2.36. The van der Waals surface area contributed by atoms with Gasteiger partial charge in [0.25, 0.3) is 0 Å². The molecule has 0 spiro atoms. The van der Waals surface area contributed by atoms with Crippen LogP contribution in [0.15, 0.2) is 24.5 Å². The average molecular weight is 219 g/mol. The molecule has 2 unspecified atom stereocenters. The molecule has 3 nitrogen and oxygen atoms in total. The zero-order valence-corrected chi connectivity index (χ0v) is 10.2. The summed E-state index contributed by atoms with van der Waals surface area (Å²) in [5.41, 5.74) is 1.36. The molecule has 0 amide bonds. The Labute approximate surface area is 97.9 Å². The molecule has 1 aromatic rings. The third-order valence-corrected chi connectivity index (χ3v) is 3.36. The summed E-state index contributed by atoms with van der Waals surface area (Å²) >= 11 is 0. The van der Waals surface area contributed by atoms with Crippen molar-refractivity contribution in [3.63, 3.8) is 0 Å². The molecule has 3 heteroatoms. The second kappa shape index (κ2) is 5.41. The van der Waals surface area contributed by atoms with Crippen LogP contribution in [0.5, 0.6) is 0 Å². The van der Waals surface area contributed by atoms with Gasteiger partial charge >= 0.3 is 0 Å². The fourth-order valence-electron chi connectivity index (χ4n) is 2.34. The summed E-state index contributed by atoms with van der Waals surface area (Å²) in [5, 5.41) is 3.53. The van der Waals surface area contributed by atoms with E-state index in [0.29, 0.717) is 12.1 Å². The first-order valence-corrected chi connectivity index (χ1v) is 6.14. The van der Waals surface area contributed by atoms with Gasteiger partial charge in [0.15, 0.2) is 0 Å². The molecule has 1 N–H and O–H groups in total. The second-order valence-electron chi connectivity index (χ2n) is 4.66. The van der Waals surface area contributed by atoms with Crippen LogP contribution < -0.4 is 5.32 Å². The van der Waals surface area contributed by atoms with E-state index in [1.165, 1.54) is 18.5 Å². The highest BCUT2D eigenvalue weighted by Gasteiger charge is 2.19. The van der Waals surface area contributed by atoms with Gasteiger partial charge in [0.05, 0.1) is 0 Å². The molecule has 2 atom stereocenters. The number of hydrogen-bond acceptors (Lipinski definition) is 3. The van der Waals surface area contributed by atoms with Crippen molar-refractivity contribution in [3.8, 4) is 0 Å². The highest BCUT2D eigenvalue weighted by Crippen LogP contribution is 2.20. The minimum Gasteiger partial charge on any atom is -0.313 e. The largest absolute Gasteiger partial charge is 0.313 e. The molecular weight excluding hydrogens is 198 g/mol. The van der Waals surface area contributed by atoms with Gasteiger partial charge in [-0.05, 0) is 44.5 Å². The first kappa shape index (κ1) is 11.6. The van der Waals surface area contributed by atoms with Gasteiger partial charge in [-0.15, -0.1) is 0 Å². The van der Waals surface area contributed by atoms with Gasteiger partial charge in [0.2, 0.25) is 0 Å². The minimum absolute atomic E-state index is 0.491. The van der Waals surface area contributed by atoms with Crippen LogP contribution in [0.2, 0.25) is 0 Å². The zero-order valence-electron chi connectivity index (χ0n) is 10.2. The van der Waals surface area contributed by atoms with Crippen molar-refractivity contribution in [2.24, 2.45) is 0 Å². The highest BCUT2D eigenvalue weighted by atomic mass is 15.2. The van der Waals surface area contributed by atoms with Crippen molar-refractivity contribution in [2.75, 3.05) is 19.6 Å². The molecule has 88 valence electrons. The monoisotopic (exact) mass is 219 g/mol. The molecule has 1 fully saturated rings. The summed E-state index contributed by atoms with van der Waals surface area (Å²) in [7, 11) is 0. The summed E-state index contributed by atoms with van der Waals surface area (Å²) in [6, 6.07) is 5.32. The van der Waals surface area contributed by atoms with E-state index in [4.69, 9.17) is 0 Å². The molecule has 1 aliphatic rings. The smallest absolute Gasteiger partial charge is 0.0321 e. The molecule has 1 aliphatic heterocycles. The number of nitrogens with one attached hydrogen (secondary N) is 1. The van der Waals surface area contributed by atoms with Crippen LogP contribution in [0.25, 0.3) is 0 Å². The molecule has 2 heterocycles. The number of pyridine rings is 1. The highest BCUT2D eigenvalue weighted by molar-refractivity contribution is 5.14. The van der Waals surface area contributed by atoms with Crippen LogP contribution in [-0.4, -0.2) is 35.6 Å². The predicted octanol–water partition coefficient (Wildman–Crippen LogP) is 1.83. The molecular formula is C13H21N3. The summed E-state index contributed by atoms with van der Waals surface area (Å²) < 4.78 is 0. The molecule has 0 saturated carbocycles. The lowest BCUT2D eigenvalue weighted by Gasteiger charge is -2.29. The van der Waals surface area contributed by atoms with Crippen LogP contribution >= 0.6 is 0 Å². The molecule has 1 saturated heterocycles. The Bertz CT molecular complexity index is 312. The SMILES string of the molecule is CC1CN(C(C)c2ccncc2)CCCN1. The number of nitrogens with zero attached hydrogens (tertiary/aromatic N) is 2. The number of hydrogen-bond donors (Lipinski definition) is 1. The van der Waals surface area contributed by atoms with Crippen LogP contribution in [0.3, 0.4) is 0 Å². The van der Waals surface area contributed by atoms with E-state index in [1.807, 2.05) is 12.4 Å². The van der Waals surface area contributed by atoms with E-state index in [2.05, 4.69) is 41.2 Å². The Kier molecular flexibility index (Phi) is 3.91. The van der Waals surface area contributed by atoms with Gasteiger partial charge in [-0.3, -0.25) is 9.88 Å². The molecule has 0 aromatic carbocycles. The van der Waals surface area contributed by atoms with Crippen molar-refractivity contribution in [1.82, 2.24) is 15.2 Å². The van der Waals surface area contributed by atoms with Crippen LogP contribution in [0, 0.1) is 0 Å². The Hall–Kier alpha value is -0.930. The lowest BCUT2D eigenvalue weighted by molar-refractivity contribution is 0.210. The Balaban J connectivity index is 2.05. The van der Waals surface area contributed by atoms with E-state index in [-0.39, 0.29) is 0 Å². The van der Waals surface area contributed by atoms with Gasteiger partial charge in [0.1, 0.15) is 0 Å². The van der Waals surface area contributed by atoms with E-state index in [1.54, 1.807) is 0 Å². The molecule has 1 aromatic heterocycles. The van der Waals surface area contributed by atoms with Crippen LogP contribution in [0.4, 0.5) is 0 Å². The summed E-state index contributed by atoms with van der Waals surface area (Å²) in [4.78, 5) is 6.63. The van der Waals surface area contributed by atoms with Crippen molar-refractivity contribution >= 4 is 0 Å². The van der Waals surface area contributed by atoms with E-state index >= 15 is 0 Å². The predicted molar refractivity (Wildman–Crippen MR) is 66.3 cm³/mol. The summed E-state index contributed by atoms with van der Waals surface area (Å²) in [5.74, 6) is 0. The normalized spacial score (nSPS) is 25.0. The van der Waals surface area contributed by atoms with E-state index in [0.717, 1.165) is 13.1 Å². The molecule has 16 heavy (non-hydrogen) atoms. The van der Waals surface area contributed by atoms with E-state index in [9.17, 15) is 0 Å². The van der Waals surface area contributed by atoms with Gasteiger partial charge in [-0.2, -0.15) is 0 Å². The first-order chi connectivity index (χ1) is 7.77. The minimum atomic E-state index is 0.491. The second-order valence-corrected chi connectivity index (χ2v) is 4.66. The molecule has 0 aliphatic carbocycles. The maximum Gasteiger partial charge on any atom is 0.0321 e. The van der Waals surface area contributed by atoms with Gasteiger partial charge < -0.3 is 5.32 Å². The Morgan fingerprint density at radius 2 is 2.19 bits per heavy atom. The maximum atomic E-state index is 4.08. The molecule has 0 bridgehead atoms. The number of rotatable bonds is 2. The number of aromatic nitrogens is 1. The van der Waals surface area contributed by atoms with Crippen molar-refractivity contribution < 1.29 is 0 Å². The lowest BCUT2D eigenvalue weighted by atomic mass is 10.1. The van der Waals surface area contributed by atoms with Crippen molar-refractivity contribution in [3.05, 3.63) is 30.1 Å². The Morgan fingerprint density at radius 1 is 1.44 bits per heavy atom. The quantitative estimate of drug-likeness (QED) is 0.822. The topological polar surface area (TPSA) is 28.2 Å². The zero-order chi connectivity index (χ0) is 11.4. The van der Waals surface area contributed by atoms with Crippen LogP contribution in [-0.2, 0) is 0 Å². The van der Waals surface area contributed by atoms with Crippen molar-refractivity contribution in [2.45, 2.75) is 32.4 Å². The molecule has 2 rings (SSSR count). The van der Waals surface area contributed by atoms with E-state index < -0.39 is 0 Å². The van der Waals surface area contributed by atoms with Crippen molar-refractivity contribution in [1.29, 1.82) is 0 Å². The van der Waals surface area contributed by atoms with Gasteiger partial charge in [-0.25, -0.2) is 0 Å². The van der Waals surface area contributed by atoms with Gasteiger partial charge in [0, 0.05) is 37.6 Å². The maximum absolute atomic E-state index is 4.08.